The topological polar surface area (TPSA) is 78.9 Å². The van der Waals surface area contributed by atoms with E-state index >= 15 is 0 Å². The number of ether oxygens (including phenoxy) is 3. The third-order valence-corrected chi connectivity index (χ3v) is 6.55. The van der Waals surface area contributed by atoms with Crippen LogP contribution in [0.2, 0.25) is 0 Å². The molecule has 1 aliphatic heterocycles. The molecule has 25 heavy (non-hydrogen) atoms. The number of alkyl halides is 4. The van der Waals surface area contributed by atoms with Gasteiger partial charge in [0.25, 0.3) is 0 Å². The summed E-state index contributed by atoms with van der Waals surface area (Å²) in [5.41, 5.74) is -1.70. The highest BCUT2D eigenvalue weighted by Crippen LogP contribution is 2.63. The Morgan fingerprint density at radius 2 is 2.12 bits per heavy atom. The van der Waals surface area contributed by atoms with Crippen LogP contribution in [0.15, 0.2) is 0 Å². The second-order valence-corrected chi connectivity index (χ2v) is 8.12. The number of esters is 3. The zero-order valence-electron chi connectivity index (χ0n) is 13.2. The molecule has 6 nitrogen and oxygen atoms in total. The van der Waals surface area contributed by atoms with E-state index in [9.17, 15) is 27.6 Å². The zero-order chi connectivity index (χ0) is 18.6. The van der Waals surface area contributed by atoms with E-state index in [0.29, 0.717) is 12.8 Å². The quantitative estimate of drug-likeness (QED) is 0.199. The summed E-state index contributed by atoms with van der Waals surface area (Å²) in [6.45, 7) is 0.0881. The van der Waals surface area contributed by atoms with Crippen molar-refractivity contribution in [3.05, 3.63) is 0 Å². The van der Waals surface area contributed by atoms with Crippen LogP contribution in [0.1, 0.15) is 26.2 Å². The smallest absolute Gasteiger partial charge is 0.422 e. The van der Waals surface area contributed by atoms with Gasteiger partial charge in [-0.3, -0.25) is 14.4 Å². The SMILES string of the molecule is CCC(I)C(=O)OC1C2CC3C1OC(=O)C3(C(=O)OCC(F)(F)F)C2. The van der Waals surface area contributed by atoms with Crippen molar-refractivity contribution < 1.29 is 41.8 Å². The number of rotatable bonds is 5. The van der Waals surface area contributed by atoms with Gasteiger partial charge in [-0.25, -0.2) is 0 Å². The van der Waals surface area contributed by atoms with Crippen molar-refractivity contribution in [2.45, 2.75) is 48.5 Å². The summed E-state index contributed by atoms with van der Waals surface area (Å²) in [5, 5.41) is 0. The minimum Gasteiger partial charge on any atom is -0.457 e. The van der Waals surface area contributed by atoms with Gasteiger partial charge in [0.05, 0.1) is 0 Å². The van der Waals surface area contributed by atoms with Crippen molar-refractivity contribution in [2.24, 2.45) is 17.3 Å². The number of halogens is 4. The van der Waals surface area contributed by atoms with Gasteiger partial charge in [-0.05, 0) is 19.3 Å². The summed E-state index contributed by atoms with van der Waals surface area (Å²) in [5.74, 6) is -3.41. The molecule has 0 aromatic rings. The number of fused-ring (bicyclic) bond motifs is 1. The number of hydrogen-bond acceptors (Lipinski definition) is 6. The average Bonchev–Trinajstić information content (AvgIpc) is 3.13. The normalized spacial score (nSPS) is 36.9. The molecule has 0 aromatic heterocycles. The van der Waals surface area contributed by atoms with Gasteiger partial charge in [-0.15, -0.1) is 0 Å². The maximum atomic E-state index is 12.3. The van der Waals surface area contributed by atoms with Crippen molar-refractivity contribution in [2.75, 3.05) is 6.61 Å². The molecule has 0 aromatic carbocycles. The summed E-state index contributed by atoms with van der Waals surface area (Å²) < 4.78 is 51.5. The molecule has 140 valence electrons. The predicted molar refractivity (Wildman–Crippen MR) is 83.5 cm³/mol. The average molecular weight is 476 g/mol. The van der Waals surface area contributed by atoms with E-state index < -0.39 is 54.2 Å². The van der Waals surface area contributed by atoms with Crippen LogP contribution in [0.25, 0.3) is 0 Å². The van der Waals surface area contributed by atoms with Gasteiger partial charge in [0, 0.05) is 11.8 Å². The van der Waals surface area contributed by atoms with Gasteiger partial charge in [0.1, 0.15) is 16.1 Å². The Morgan fingerprint density at radius 1 is 1.44 bits per heavy atom. The molecule has 6 unspecified atom stereocenters. The van der Waals surface area contributed by atoms with Gasteiger partial charge in [-0.2, -0.15) is 13.2 Å². The Bertz CT molecular complexity index is 609. The lowest BCUT2D eigenvalue weighted by molar-refractivity contribution is -0.196. The Morgan fingerprint density at radius 3 is 2.72 bits per heavy atom. The highest BCUT2D eigenvalue weighted by molar-refractivity contribution is 14.1. The zero-order valence-corrected chi connectivity index (χ0v) is 15.3. The Kier molecular flexibility index (Phi) is 4.70. The molecule has 2 bridgehead atoms. The Labute approximate surface area is 154 Å². The van der Waals surface area contributed by atoms with Crippen LogP contribution in [0.4, 0.5) is 13.2 Å². The molecule has 10 heteroatoms. The fourth-order valence-corrected chi connectivity index (χ4v) is 4.23. The van der Waals surface area contributed by atoms with Crippen LogP contribution in [0, 0.1) is 17.3 Å². The van der Waals surface area contributed by atoms with Crippen LogP contribution in [-0.2, 0) is 28.6 Å². The van der Waals surface area contributed by atoms with E-state index in [1.807, 2.05) is 29.5 Å². The predicted octanol–water partition coefficient (Wildman–Crippen LogP) is 2.17. The molecule has 3 rings (SSSR count). The van der Waals surface area contributed by atoms with Crippen molar-refractivity contribution in [3.63, 3.8) is 0 Å². The summed E-state index contributed by atoms with van der Waals surface area (Å²) in [4.78, 5) is 36.5. The molecule has 0 radical (unpaired) electrons. The van der Waals surface area contributed by atoms with E-state index in [2.05, 4.69) is 4.74 Å². The molecule has 6 atom stereocenters. The first kappa shape index (κ1) is 18.7. The first-order valence-electron chi connectivity index (χ1n) is 7.89. The Balaban J connectivity index is 1.73. The first-order valence-corrected chi connectivity index (χ1v) is 9.14. The van der Waals surface area contributed by atoms with Crippen LogP contribution >= 0.6 is 22.6 Å². The summed E-state index contributed by atoms with van der Waals surface area (Å²) >= 11 is 1.95. The third kappa shape index (κ3) is 2.99. The van der Waals surface area contributed by atoms with Crippen molar-refractivity contribution >= 4 is 40.5 Å². The maximum Gasteiger partial charge on any atom is 0.422 e. The summed E-state index contributed by atoms with van der Waals surface area (Å²) in [7, 11) is 0. The van der Waals surface area contributed by atoms with Gasteiger partial charge >= 0.3 is 24.1 Å². The lowest BCUT2D eigenvalue weighted by Crippen LogP contribution is -2.46. The molecular weight excluding hydrogens is 460 g/mol. The lowest BCUT2D eigenvalue weighted by Gasteiger charge is -2.30. The summed E-state index contributed by atoms with van der Waals surface area (Å²) in [6.07, 6.45) is -5.17. The van der Waals surface area contributed by atoms with E-state index in [-0.39, 0.29) is 16.3 Å². The van der Waals surface area contributed by atoms with Crippen LogP contribution < -0.4 is 0 Å². The molecule has 0 amide bonds. The number of carbonyl (C=O) groups excluding carboxylic acids is 3. The molecule has 3 fully saturated rings. The monoisotopic (exact) mass is 476 g/mol. The van der Waals surface area contributed by atoms with E-state index in [0.717, 1.165) is 0 Å². The van der Waals surface area contributed by atoms with Gasteiger partial charge in [0.2, 0.25) is 0 Å². The van der Waals surface area contributed by atoms with Crippen molar-refractivity contribution in [3.8, 4) is 0 Å². The number of carbonyl (C=O) groups is 3. The van der Waals surface area contributed by atoms with Gasteiger partial charge in [0.15, 0.2) is 12.0 Å². The fourth-order valence-electron chi connectivity index (χ4n) is 4.08. The number of hydrogen-bond donors (Lipinski definition) is 0. The maximum absolute atomic E-state index is 12.3. The molecular formula is C15H16F3IO6. The highest BCUT2D eigenvalue weighted by Gasteiger charge is 2.75. The fraction of sp³-hybridized carbons (Fsp3) is 0.800. The van der Waals surface area contributed by atoms with Gasteiger partial charge in [-0.1, -0.05) is 29.5 Å². The summed E-state index contributed by atoms with van der Waals surface area (Å²) in [6, 6.07) is 0. The molecule has 2 saturated carbocycles. The Hall–Kier alpha value is -1.07. The largest absolute Gasteiger partial charge is 0.457 e. The second kappa shape index (κ2) is 6.27. The molecule has 1 saturated heterocycles. The van der Waals surface area contributed by atoms with E-state index in [4.69, 9.17) is 9.47 Å². The van der Waals surface area contributed by atoms with Gasteiger partial charge < -0.3 is 14.2 Å². The molecule has 0 spiro atoms. The molecule has 2 aliphatic carbocycles. The third-order valence-electron chi connectivity index (χ3n) is 5.16. The molecule has 1 heterocycles. The standard InChI is InChI=1S/C15H16F3IO6/c1-2-8(19)11(20)24-9-6-3-7-10(9)25-13(22)14(7,4-6)12(21)23-5-15(16,17)18/h6-10H,2-5H2,1H3. The van der Waals surface area contributed by atoms with Crippen molar-refractivity contribution in [1.29, 1.82) is 0 Å². The second-order valence-electron chi connectivity index (χ2n) is 6.62. The lowest BCUT2D eigenvalue weighted by atomic mass is 9.73. The molecule has 3 aliphatic rings. The van der Waals surface area contributed by atoms with Crippen LogP contribution in [0.3, 0.4) is 0 Å². The highest BCUT2D eigenvalue weighted by atomic mass is 127. The van der Waals surface area contributed by atoms with E-state index in [1.165, 1.54) is 0 Å². The first-order chi connectivity index (χ1) is 11.6. The van der Waals surface area contributed by atoms with E-state index in [1.54, 1.807) is 0 Å². The van der Waals surface area contributed by atoms with Crippen LogP contribution in [-0.4, -0.2) is 46.8 Å². The van der Waals surface area contributed by atoms with Crippen molar-refractivity contribution in [1.82, 2.24) is 0 Å². The van der Waals surface area contributed by atoms with Crippen LogP contribution in [0.5, 0.6) is 0 Å². The minimum absolute atomic E-state index is 0.0142. The molecule has 0 N–H and O–H groups in total. The minimum atomic E-state index is -4.67.